The summed E-state index contributed by atoms with van der Waals surface area (Å²) in [7, 11) is 0. The van der Waals surface area contributed by atoms with Crippen LogP contribution in [0.1, 0.15) is 51.0 Å². The molecule has 0 heterocycles. The first-order valence-electron chi connectivity index (χ1n) is 8.28. The molecule has 116 valence electrons. The van der Waals surface area contributed by atoms with Crippen LogP contribution in [0.15, 0.2) is 30.3 Å². The molecule has 2 unspecified atom stereocenters. The fourth-order valence-corrected chi connectivity index (χ4v) is 2.64. The van der Waals surface area contributed by atoms with Crippen LogP contribution in [0.3, 0.4) is 0 Å². The van der Waals surface area contributed by atoms with Gasteiger partial charge < -0.3 is 10.6 Å². The van der Waals surface area contributed by atoms with E-state index in [1.807, 2.05) is 18.2 Å². The van der Waals surface area contributed by atoms with Gasteiger partial charge >= 0.3 is 0 Å². The third kappa shape index (κ3) is 5.16. The minimum absolute atomic E-state index is 0.0346. The van der Waals surface area contributed by atoms with Gasteiger partial charge in [0.05, 0.1) is 5.92 Å². The Hall–Kier alpha value is -1.35. The molecule has 21 heavy (non-hydrogen) atoms. The van der Waals surface area contributed by atoms with Gasteiger partial charge in [-0.25, -0.2) is 0 Å². The number of nitrogens with one attached hydrogen (secondary N) is 2. The summed E-state index contributed by atoms with van der Waals surface area (Å²) in [6, 6.07) is 10.9. The van der Waals surface area contributed by atoms with Crippen molar-refractivity contribution in [3.63, 3.8) is 0 Å². The number of carbonyl (C=O) groups is 1. The highest BCUT2D eigenvalue weighted by atomic mass is 16.1. The third-order valence-corrected chi connectivity index (χ3v) is 4.32. The molecule has 1 saturated carbocycles. The van der Waals surface area contributed by atoms with Crippen LogP contribution in [-0.4, -0.2) is 25.0 Å². The molecule has 0 aromatic heterocycles. The highest BCUT2D eigenvalue weighted by Crippen LogP contribution is 2.27. The first kappa shape index (κ1) is 16.0. The molecule has 2 N–H and O–H groups in total. The predicted molar refractivity (Wildman–Crippen MR) is 87.3 cm³/mol. The van der Waals surface area contributed by atoms with Crippen LogP contribution in [0.25, 0.3) is 0 Å². The molecule has 0 radical (unpaired) electrons. The summed E-state index contributed by atoms with van der Waals surface area (Å²) >= 11 is 0. The second-order valence-electron chi connectivity index (χ2n) is 6.15. The average molecular weight is 288 g/mol. The largest absolute Gasteiger partial charge is 0.356 e. The molecule has 1 aliphatic carbocycles. The summed E-state index contributed by atoms with van der Waals surface area (Å²) in [5, 5.41) is 6.59. The minimum Gasteiger partial charge on any atom is -0.356 e. The van der Waals surface area contributed by atoms with Crippen molar-refractivity contribution in [2.75, 3.05) is 13.1 Å². The Morgan fingerprint density at radius 2 is 1.95 bits per heavy atom. The molecule has 1 fully saturated rings. The quantitative estimate of drug-likeness (QED) is 0.686. The first-order valence-corrected chi connectivity index (χ1v) is 8.28. The Kier molecular flexibility index (Phi) is 6.24. The van der Waals surface area contributed by atoms with Crippen LogP contribution >= 0.6 is 0 Å². The van der Waals surface area contributed by atoms with Gasteiger partial charge in [0, 0.05) is 12.6 Å². The Labute approximate surface area is 128 Å². The van der Waals surface area contributed by atoms with Crippen molar-refractivity contribution in [2.24, 2.45) is 5.92 Å². The van der Waals surface area contributed by atoms with Crippen molar-refractivity contribution in [1.82, 2.24) is 10.6 Å². The second kappa shape index (κ2) is 8.18. The highest BCUT2D eigenvalue weighted by Gasteiger charge is 2.25. The van der Waals surface area contributed by atoms with Crippen molar-refractivity contribution < 1.29 is 4.79 Å². The van der Waals surface area contributed by atoms with Gasteiger partial charge in [0.2, 0.25) is 5.91 Å². The zero-order valence-electron chi connectivity index (χ0n) is 13.3. The predicted octanol–water partition coefficient (Wildman–Crippen LogP) is 3.07. The van der Waals surface area contributed by atoms with Gasteiger partial charge in [-0.1, -0.05) is 50.6 Å². The van der Waals surface area contributed by atoms with E-state index in [0.717, 1.165) is 37.5 Å². The highest BCUT2D eigenvalue weighted by molar-refractivity contribution is 5.83. The smallest absolute Gasteiger partial charge is 0.227 e. The molecule has 3 heteroatoms. The van der Waals surface area contributed by atoms with Crippen LogP contribution in [0, 0.1) is 5.92 Å². The zero-order chi connectivity index (χ0) is 15.1. The summed E-state index contributed by atoms with van der Waals surface area (Å²) in [4.78, 5) is 12.5. The molecular weight excluding hydrogens is 260 g/mol. The summed E-state index contributed by atoms with van der Waals surface area (Å²) in [5.41, 5.74) is 1.13. The van der Waals surface area contributed by atoms with E-state index in [4.69, 9.17) is 0 Å². The molecule has 3 nitrogen and oxygen atoms in total. The minimum atomic E-state index is -0.0346. The number of benzene rings is 1. The van der Waals surface area contributed by atoms with Crippen molar-refractivity contribution in [2.45, 2.75) is 51.5 Å². The fourth-order valence-electron chi connectivity index (χ4n) is 2.64. The molecule has 0 aliphatic heterocycles. The van der Waals surface area contributed by atoms with Gasteiger partial charge in [-0.3, -0.25) is 4.79 Å². The lowest BCUT2D eigenvalue weighted by Crippen LogP contribution is -2.34. The number of rotatable bonds is 9. The lowest BCUT2D eigenvalue weighted by molar-refractivity contribution is -0.123. The zero-order valence-corrected chi connectivity index (χ0v) is 13.3. The third-order valence-electron chi connectivity index (χ3n) is 4.32. The molecule has 0 spiro atoms. The summed E-state index contributed by atoms with van der Waals surface area (Å²) in [6.07, 6.45) is 4.65. The normalized spacial score (nSPS) is 17.2. The van der Waals surface area contributed by atoms with E-state index in [1.165, 1.54) is 12.8 Å². The maximum atomic E-state index is 12.5. The number of carbonyl (C=O) groups excluding carboxylic acids is 1. The van der Waals surface area contributed by atoms with Crippen molar-refractivity contribution in [3.8, 4) is 0 Å². The average Bonchev–Trinajstić information content (AvgIpc) is 3.32. The number of hydrogen-bond donors (Lipinski definition) is 2. The Morgan fingerprint density at radius 3 is 2.57 bits per heavy atom. The van der Waals surface area contributed by atoms with Gasteiger partial charge in [-0.15, -0.1) is 0 Å². The van der Waals surface area contributed by atoms with E-state index in [-0.39, 0.29) is 11.8 Å². The monoisotopic (exact) mass is 288 g/mol. The topological polar surface area (TPSA) is 41.1 Å². The Morgan fingerprint density at radius 1 is 1.24 bits per heavy atom. The Bertz CT molecular complexity index is 428. The van der Waals surface area contributed by atoms with Crippen LogP contribution in [0.4, 0.5) is 0 Å². The van der Waals surface area contributed by atoms with Crippen molar-refractivity contribution >= 4 is 5.91 Å². The standard InChI is InChI=1S/C18H28N2O/c1-3-14(2)17(15-8-5-4-6-9-15)18(21)20-13-7-12-19-16-10-11-16/h4-6,8-9,14,16-17,19H,3,7,10-13H2,1-2H3,(H,20,21). The van der Waals surface area contributed by atoms with Gasteiger partial charge in [0.15, 0.2) is 0 Å². The molecule has 0 bridgehead atoms. The van der Waals surface area contributed by atoms with Crippen molar-refractivity contribution in [3.05, 3.63) is 35.9 Å². The SMILES string of the molecule is CCC(C)C(C(=O)NCCCNC1CC1)c1ccccc1. The first-order chi connectivity index (χ1) is 10.2. The molecule has 1 aromatic carbocycles. The van der Waals surface area contributed by atoms with E-state index < -0.39 is 0 Å². The summed E-state index contributed by atoms with van der Waals surface area (Å²) in [6.45, 7) is 6.07. The molecular formula is C18H28N2O. The number of amides is 1. The lowest BCUT2D eigenvalue weighted by Gasteiger charge is -2.22. The van der Waals surface area contributed by atoms with E-state index in [2.05, 4.69) is 36.6 Å². The lowest BCUT2D eigenvalue weighted by atomic mass is 9.85. The van der Waals surface area contributed by atoms with E-state index >= 15 is 0 Å². The van der Waals surface area contributed by atoms with E-state index in [9.17, 15) is 4.79 Å². The molecule has 1 aromatic rings. The van der Waals surface area contributed by atoms with Gasteiger partial charge in [-0.2, -0.15) is 0 Å². The van der Waals surface area contributed by atoms with Crippen LogP contribution < -0.4 is 10.6 Å². The second-order valence-corrected chi connectivity index (χ2v) is 6.15. The fraction of sp³-hybridized carbons (Fsp3) is 0.611. The number of hydrogen-bond acceptors (Lipinski definition) is 2. The van der Waals surface area contributed by atoms with E-state index in [0.29, 0.717) is 5.92 Å². The van der Waals surface area contributed by atoms with Crippen LogP contribution in [0.5, 0.6) is 0 Å². The maximum Gasteiger partial charge on any atom is 0.227 e. The maximum absolute atomic E-state index is 12.5. The van der Waals surface area contributed by atoms with Crippen LogP contribution in [-0.2, 0) is 4.79 Å². The summed E-state index contributed by atoms with van der Waals surface area (Å²) in [5.74, 6) is 0.492. The van der Waals surface area contributed by atoms with Gasteiger partial charge in [0.1, 0.15) is 0 Å². The molecule has 1 aliphatic rings. The van der Waals surface area contributed by atoms with Gasteiger partial charge in [0.25, 0.3) is 0 Å². The molecule has 2 atom stereocenters. The van der Waals surface area contributed by atoms with Crippen molar-refractivity contribution in [1.29, 1.82) is 0 Å². The molecule has 0 saturated heterocycles. The van der Waals surface area contributed by atoms with Crippen LogP contribution in [0.2, 0.25) is 0 Å². The molecule has 1 amide bonds. The summed E-state index contributed by atoms with van der Waals surface area (Å²) < 4.78 is 0. The van der Waals surface area contributed by atoms with E-state index in [1.54, 1.807) is 0 Å². The Balaban J connectivity index is 1.82. The van der Waals surface area contributed by atoms with Gasteiger partial charge in [-0.05, 0) is 37.3 Å². The molecule has 2 rings (SSSR count).